The number of para-hydroxylation sites is 4. The van der Waals surface area contributed by atoms with Gasteiger partial charge in [0.15, 0.2) is 17.3 Å². The molecule has 32 rings (SSSR count). The third-order valence-electron chi connectivity index (χ3n) is 32.9. The third-order valence-corrected chi connectivity index (χ3v) is 35.3. The molecule has 15 aromatic rings. The van der Waals surface area contributed by atoms with Gasteiger partial charge in [0.2, 0.25) is 5.91 Å². The molecule has 10 aromatic carbocycles. The van der Waals surface area contributed by atoms with E-state index in [1.165, 1.54) is 63.0 Å². The minimum absolute atomic E-state index is 0.00446. The molecule has 9 N–H and O–H groups in total. The van der Waals surface area contributed by atoms with Gasteiger partial charge in [0, 0.05) is 141 Å². The Hall–Kier alpha value is -14.0. The molecule has 16 saturated heterocycles. The number of fused-ring (bicyclic) bond motifs is 20. The van der Waals surface area contributed by atoms with Crippen LogP contribution in [0.15, 0.2) is 256 Å². The number of amides is 7. The molecule has 1 saturated carbocycles. The van der Waals surface area contributed by atoms with E-state index < -0.39 is 5.97 Å². The number of aromatic carboxylic acids is 1. The van der Waals surface area contributed by atoms with Crippen LogP contribution in [0.25, 0.3) is 109 Å². The molecule has 770 valence electrons. The van der Waals surface area contributed by atoms with E-state index in [0.717, 1.165) is 243 Å². The number of nitrogens with two attached hydrogens (primary N) is 1. The van der Waals surface area contributed by atoms with Gasteiger partial charge in [-0.15, -0.1) is 22.7 Å². The van der Waals surface area contributed by atoms with E-state index >= 15 is 0 Å². The van der Waals surface area contributed by atoms with Crippen LogP contribution in [0.2, 0.25) is 0 Å². The highest BCUT2D eigenvalue weighted by atomic mass is 32.1. The SMILES string of the molecule is COc1ccccc1-c1cccc2cc(C(=O)N[C@H]3CN4CCC3CC4)oc12.NCc1ccccc1-c1cccc2cc(C(=O)N[C@H]3CN4CCC3CC4)sc12.O=C(N[C@H]1CN2CCC1CC2)c1cc2cccc(-c3ccc(N4CCOCC4=O)cc3)c2o1.O=C(N[C@H]1CN2CCC1CC2)c1cc2cccc(-c3cccc(NC(=O)C4CC4)c3)c2o1.O=C(O)c1cccc(-c2cccc3cc(C(=O)N[C@H]4CN5CCC4CC5)sc23)c1. The van der Waals surface area contributed by atoms with E-state index in [2.05, 4.69) is 86.7 Å². The number of thiophene rings is 2. The number of carbonyl (C=O) groups is 8. The van der Waals surface area contributed by atoms with Crippen molar-refractivity contribution in [2.24, 2.45) is 41.2 Å². The number of methoxy groups -OCH3 is 1. The van der Waals surface area contributed by atoms with Crippen molar-refractivity contribution in [3.8, 4) is 61.4 Å². The van der Waals surface area contributed by atoms with Crippen LogP contribution in [0.3, 0.4) is 0 Å². The highest BCUT2D eigenvalue weighted by molar-refractivity contribution is 7.21. The zero-order valence-corrected chi connectivity index (χ0v) is 85.8. The molecule has 7 amide bonds. The second-order valence-corrected chi connectivity index (χ2v) is 44.3. The van der Waals surface area contributed by atoms with Crippen LogP contribution in [0, 0.1) is 35.5 Å². The molecule has 21 heterocycles. The predicted octanol–water partition coefficient (Wildman–Crippen LogP) is 19.4. The molecule has 0 spiro atoms. The number of hydrogen-bond acceptors (Lipinski definition) is 21. The predicted molar refractivity (Wildman–Crippen MR) is 587 cm³/mol. The van der Waals surface area contributed by atoms with E-state index in [0.29, 0.717) is 88.2 Å². The number of carboxylic acids is 1. The van der Waals surface area contributed by atoms with E-state index in [1.807, 2.05) is 194 Å². The van der Waals surface area contributed by atoms with E-state index in [4.69, 9.17) is 28.5 Å². The number of anilines is 2. The number of rotatable bonds is 21. The first-order valence-corrected chi connectivity index (χ1v) is 54.9. The van der Waals surface area contributed by atoms with Crippen molar-refractivity contribution in [1.82, 2.24) is 51.1 Å². The summed E-state index contributed by atoms with van der Waals surface area (Å²) in [5.41, 5.74) is 20.8. The second kappa shape index (κ2) is 43.9. The molecule has 29 heteroatoms. The van der Waals surface area contributed by atoms with Gasteiger partial charge >= 0.3 is 5.97 Å². The van der Waals surface area contributed by atoms with Crippen LogP contribution in [-0.4, -0.2) is 232 Å². The maximum Gasteiger partial charge on any atom is 0.335 e. The number of carboxylic acid groups (broad SMARTS) is 1. The Morgan fingerprint density at radius 3 is 1.20 bits per heavy atom. The van der Waals surface area contributed by atoms with Gasteiger partial charge < -0.3 is 94.9 Å². The van der Waals surface area contributed by atoms with Crippen molar-refractivity contribution in [3.63, 3.8) is 0 Å². The molecule has 17 fully saturated rings. The summed E-state index contributed by atoms with van der Waals surface area (Å²) in [6.07, 6.45) is 13.7. The molecule has 16 aliphatic heterocycles. The normalized spacial score (nSPS) is 24.1. The minimum atomic E-state index is -0.942. The summed E-state index contributed by atoms with van der Waals surface area (Å²) in [6, 6.07) is 79.3. The summed E-state index contributed by atoms with van der Waals surface area (Å²) in [4.78, 5) is 116. The Morgan fingerprint density at radius 1 is 0.373 bits per heavy atom. The number of piperidine rings is 15. The average molecular weight is 2050 g/mol. The van der Waals surface area contributed by atoms with Crippen molar-refractivity contribution in [1.29, 1.82) is 0 Å². The molecule has 0 radical (unpaired) electrons. The third kappa shape index (κ3) is 21.5. The molecule has 5 aromatic heterocycles. The Balaban J connectivity index is 0.000000103. The number of nitrogens with one attached hydrogen (secondary N) is 6. The lowest BCUT2D eigenvalue weighted by molar-refractivity contribution is -0.125. The number of benzene rings is 10. The van der Waals surface area contributed by atoms with Crippen molar-refractivity contribution in [3.05, 3.63) is 281 Å². The van der Waals surface area contributed by atoms with Gasteiger partial charge in [0.25, 0.3) is 35.4 Å². The van der Waals surface area contributed by atoms with Crippen LogP contribution < -0.4 is 47.3 Å². The zero-order chi connectivity index (χ0) is 102. The molecule has 150 heavy (non-hydrogen) atoms. The minimum Gasteiger partial charge on any atom is -0.496 e. The van der Waals surface area contributed by atoms with Crippen LogP contribution in [-0.2, 0) is 20.9 Å². The maximum atomic E-state index is 13.0. The molecular weight excluding hydrogens is 1920 g/mol. The first kappa shape index (κ1) is 99.3. The van der Waals surface area contributed by atoms with Gasteiger partial charge in [0.05, 0.1) is 29.0 Å². The van der Waals surface area contributed by atoms with Crippen LogP contribution in [0.5, 0.6) is 5.75 Å². The lowest BCUT2D eigenvalue weighted by atomic mass is 9.84. The molecule has 27 nitrogen and oxygen atoms in total. The fourth-order valence-corrected chi connectivity index (χ4v) is 26.6. The van der Waals surface area contributed by atoms with Gasteiger partial charge in [-0.25, -0.2) is 4.79 Å². The van der Waals surface area contributed by atoms with Crippen molar-refractivity contribution in [2.45, 2.75) is 114 Å². The van der Waals surface area contributed by atoms with E-state index in [9.17, 15) is 43.5 Å². The monoisotopic (exact) mass is 2050 g/mol. The number of furan rings is 3. The summed E-state index contributed by atoms with van der Waals surface area (Å²) in [6.45, 7) is 18.0. The Morgan fingerprint density at radius 2 is 0.760 bits per heavy atom. The lowest BCUT2D eigenvalue weighted by Crippen LogP contribution is -2.57. The standard InChI is InChI=1S/C26H27N3O4.C26H27N3O3.C23H25N3OS.C23H22N2O3S.C23H24N2O3/c30-24-16-32-13-12-29(24)20-6-4-17(5-7-20)21-3-1-2-19-14-23(33-25(19)21)26(31)27-22-15-28-10-8-18(22)9-11-28;30-25(17-7-8-17)27-20-5-1-3-18(13-20)21-6-2-4-19-14-23(32-24(19)21)26(31)28-22-15-29-11-9-16(22)10-12-29;24-13-17-4-1-2-6-18(17)19-7-3-5-16-12-21(28-22(16)19)23(27)25-20-14-26-10-8-15(20)9-11-26;26-22(24-19-13-25-9-7-14(19)8-10-25)20-12-16-4-2-6-18(21(16)29-20)15-3-1-5-17(11-15)23(27)28;1-27-20-8-3-2-6-17(20)18-7-4-5-16-13-21(28-22(16)18)23(26)24-19-14-25-11-9-15(19)10-12-25/h1-7,14,18,22H,8-13,15-16H2,(H,27,31);1-6,13-14,16-17,22H,7-12,15H2,(H,27,30)(H,28,31);1-7,12,15,20H,8-11,13-14,24H2,(H,25,27);1-6,11-12,14,19H,7-10,13H2,(H,24,26)(H,27,28);2-8,13,15,19H,9-12,14H2,1H3,(H,24,26)/t2*22-;20-;2*19-/m00000/s1. The fourth-order valence-electron chi connectivity index (χ4n) is 24.4. The van der Waals surface area contributed by atoms with Crippen LogP contribution >= 0.6 is 22.7 Å². The summed E-state index contributed by atoms with van der Waals surface area (Å²) in [7, 11) is 1.66. The highest BCUT2D eigenvalue weighted by Crippen LogP contribution is 2.45. The van der Waals surface area contributed by atoms with Crippen molar-refractivity contribution >= 4 is 134 Å². The molecule has 5 atom stereocenters. The summed E-state index contributed by atoms with van der Waals surface area (Å²) in [5, 5.41) is 33.4. The van der Waals surface area contributed by atoms with E-state index in [1.54, 1.807) is 41.5 Å². The Labute approximate surface area is 878 Å². The van der Waals surface area contributed by atoms with E-state index in [-0.39, 0.29) is 89.6 Å². The second-order valence-electron chi connectivity index (χ2n) is 42.2. The number of morpholine rings is 1. The van der Waals surface area contributed by atoms with Gasteiger partial charge in [-0.05, 0) is 295 Å². The average Bonchev–Trinajstić information content (AvgIpc) is 1.65. The first-order chi connectivity index (χ1) is 73.3. The first-order valence-electron chi connectivity index (χ1n) is 53.3. The zero-order valence-electron chi connectivity index (χ0n) is 84.2. The summed E-state index contributed by atoms with van der Waals surface area (Å²) >= 11 is 3.06. The smallest absolute Gasteiger partial charge is 0.335 e. The topological polar surface area (TPSA) is 332 Å². The summed E-state index contributed by atoms with van der Waals surface area (Å²) in [5.74, 6) is 3.73. The molecule has 0 unspecified atom stereocenters. The molecule has 1 aliphatic carbocycles. The Kier molecular flexibility index (Phi) is 29.1. The van der Waals surface area contributed by atoms with Gasteiger partial charge in [-0.2, -0.15) is 0 Å². The largest absolute Gasteiger partial charge is 0.496 e. The number of carbonyl (C=O) groups excluding carboxylic acids is 7. The highest BCUT2D eigenvalue weighted by Gasteiger charge is 2.42. The van der Waals surface area contributed by atoms with Gasteiger partial charge in [0.1, 0.15) is 29.1 Å². The quantitative estimate of drug-likeness (QED) is 0.0331. The summed E-state index contributed by atoms with van der Waals surface area (Å²) < 4.78 is 31.1. The Bertz CT molecular complexity index is 7410. The molecular formula is C121H125N13O14S2. The van der Waals surface area contributed by atoms with Gasteiger partial charge in [-0.3, -0.25) is 33.6 Å². The van der Waals surface area contributed by atoms with Gasteiger partial charge in [-0.1, -0.05) is 170 Å². The number of nitrogens with zero attached hydrogens (tertiary/aromatic N) is 6. The molecule has 10 bridgehead atoms. The van der Waals surface area contributed by atoms with Crippen molar-refractivity contribution < 1.29 is 66.2 Å². The number of hydrogen-bond donors (Lipinski definition) is 8. The molecule has 17 aliphatic rings. The number of ether oxygens (including phenoxy) is 2. The maximum absolute atomic E-state index is 13.0. The van der Waals surface area contributed by atoms with Crippen LogP contribution in [0.1, 0.15) is 144 Å². The fraction of sp³-hybridized carbons (Fsp3) is 0.355. The lowest BCUT2D eigenvalue weighted by Gasteiger charge is -2.44. The van der Waals surface area contributed by atoms with Crippen molar-refractivity contribution in [2.75, 3.05) is 135 Å². The van der Waals surface area contributed by atoms with Crippen LogP contribution in [0.4, 0.5) is 11.4 Å².